The van der Waals surface area contributed by atoms with Crippen LogP contribution in [0.15, 0.2) is 22.7 Å². The molecule has 0 radical (unpaired) electrons. The highest BCUT2D eigenvalue weighted by Crippen LogP contribution is 2.46. The molecular weight excluding hydrogens is 306 g/mol. The normalized spacial score (nSPS) is 22.9. The minimum absolute atomic E-state index is 0.0258. The molecule has 1 aliphatic carbocycles. The number of methoxy groups -OCH3 is 1. The van der Waals surface area contributed by atoms with Crippen LogP contribution in [0.25, 0.3) is 0 Å². The summed E-state index contributed by atoms with van der Waals surface area (Å²) in [6.45, 7) is 2.07. The van der Waals surface area contributed by atoms with Crippen molar-refractivity contribution in [2.45, 2.75) is 44.1 Å². The van der Waals surface area contributed by atoms with Crippen molar-refractivity contribution in [3.05, 3.63) is 33.8 Å². The number of fused-ring (bicyclic) bond motifs is 1. The van der Waals surface area contributed by atoms with E-state index in [1.165, 1.54) is 18.2 Å². The lowest BCUT2D eigenvalue weighted by molar-refractivity contribution is -0.142. The average Bonchev–Trinajstić information content (AvgIpc) is 2.79. The summed E-state index contributed by atoms with van der Waals surface area (Å²) in [5, 5.41) is 0. The largest absolute Gasteiger partial charge is 0.469 e. The summed E-state index contributed by atoms with van der Waals surface area (Å²) in [4.78, 5) is 11.8. The van der Waals surface area contributed by atoms with Gasteiger partial charge in [0.05, 0.1) is 13.5 Å². The van der Waals surface area contributed by atoms with Crippen LogP contribution in [0.2, 0.25) is 0 Å². The molecule has 0 aliphatic heterocycles. The monoisotopic (exact) mass is 325 g/mol. The lowest BCUT2D eigenvalue weighted by atomic mass is 9.72. The summed E-state index contributed by atoms with van der Waals surface area (Å²) in [6.07, 6.45) is 3.08. The summed E-state index contributed by atoms with van der Waals surface area (Å²) >= 11 is 3.60. The van der Waals surface area contributed by atoms with Gasteiger partial charge in [0.1, 0.15) is 0 Å². The summed E-state index contributed by atoms with van der Waals surface area (Å²) in [7, 11) is 1.43. The maximum absolute atomic E-state index is 11.8. The molecule has 2 unspecified atom stereocenters. The highest BCUT2D eigenvalue weighted by molar-refractivity contribution is 9.10. The minimum atomic E-state index is -0.277. The molecule has 0 saturated carbocycles. The fourth-order valence-corrected chi connectivity index (χ4v) is 3.75. The Bertz CT molecular complexity index is 489. The molecule has 19 heavy (non-hydrogen) atoms. The zero-order valence-electron chi connectivity index (χ0n) is 11.4. The fourth-order valence-electron chi connectivity index (χ4n) is 3.18. The summed E-state index contributed by atoms with van der Waals surface area (Å²) < 4.78 is 5.98. The molecule has 2 rings (SSSR count). The molecule has 0 heterocycles. The van der Waals surface area contributed by atoms with E-state index in [0.717, 1.165) is 23.7 Å². The lowest BCUT2D eigenvalue weighted by Crippen LogP contribution is -2.45. The average molecular weight is 326 g/mol. The number of hydrogen-bond donors (Lipinski definition) is 1. The van der Waals surface area contributed by atoms with Crippen LogP contribution in [0.1, 0.15) is 37.3 Å². The zero-order valence-corrected chi connectivity index (χ0v) is 13.0. The van der Waals surface area contributed by atoms with Crippen LogP contribution in [0.3, 0.4) is 0 Å². The Labute approximate surface area is 122 Å². The van der Waals surface area contributed by atoms with Gasteiger partial charge >= 0.3 is 5.97 Å². The number of carbonyl (C=O) groups excluding carboxylic acids is 1. The molecule has 0 amide bonds. The maximum Gasteiger partial charge on any atom is 0.306 e. The number of esters is 1. The molecule has 1 aliphatic rings. The Morgan fingerprint density at radius 2 is 2.32 bits per heavy atom. The first-order chi connectivity index (χ1) is 9.05. The Morgan fingerprint density at radius 3 is 2.95 bits per heavy atom. The van der Waals surface area contributed by atoms with E-state index in [9.17, 15) is 4.79 Å². The zero-order chi connectivity index (χ0) is 14.0. The molecule has 0 spiro atoms. The van der Waals surface area contributed by atoms with Crippen LogP contribution in [0.4, 0.5) is 0 Å². The van der Waals surface area contributed by atoms with Crippen molar-refractivity contribution < 1.29 is 9.53 Å². The molecule has 0 bridgehead atoms. The van der Waals surface area contributed by atoms with E-state index in [1.54, 1.807) is 0 Å². The molecule has 0 fully saturated rings. The third-order valence-corrected chi connectivity index (χ3v) is 5.06. The maximum atomic E-state index is 11.8. The van der Waals surface area contributed by atoms with Gasteiger partial charge in [-0.3, -0.25) is 4.79 Å². The third kappa shape index (κ3) is 2.43. The van der Waals surface area contributed by atoms with Gasteiger partial charge in [0.15, 0.2) is 0 Å². The van der Waals surface area contributed by atoms with Crippen LogP contribution in [-0.4, -0.2) is 19.1 Å². The number of carbonyl (C=O) groups is 1. The fraction of sp³-hybridized carbons (Fsp3) is 0.533. The second-order valence-electron chi connectivity index (χ2n) is 5.19. The quantitative estimate of drug-likeness (QED) is 0.866. The number of ether oxygens (including phenoxy) is 1. The van der Waals surface area contributed by atoms with E-state index < -0.39 is 0 Å². The SMILES string of the molecule is CCC(N)C1(CC(=O)OC)CCc2c(Br)cccc21. The second-order valence-corrected chi connectivity index (χ2v) is 6.04. The van der Waals surface area contributed by atoms with Gasteiger partial charge in [-0.05, 0) is 36.5 Å². The Morgan fingerprint density at radius 1 is 1.58 bits per heavy atom. The second kappa shape index (κ2) is 5.63. The van der Waals surface area contributed by atoms with Gasteiger partial charge in [-0.2, -0.15) is 0 Å². The standard InChI is InChI=1S/C15H20BrNO2/c1-3-13(17)15(9-14(18)19-2)8-7-10-11(15)5-4-6-12(10)16/h4-6,13H,3,7-9,17H2,1-2H3. The van der Waals surface area contributed by atoms with Gasteiger partial charge in [-0.25, -0.2) is 0 Å². The van der Waals surface area contributed by atoms with Crippen molar-refractivity contribution in [1.82, 2.24) is 0 Å². The van der Waals surface area contributed by atoms with Crippen LogP contribution in [0.5, 0.6) is 0 Å². The van der Waals surface area contributed by atoms with Gasteiger partial charge in [0.25, 0.3) is 0 Å². The molecule has 1 aromatic rings. The molecule has 1 aromatic carbocycles. The first-order valence-corrected chi connectivity index (χ1v) is 7.44. The van der Waals surface area contributed by atoms with Crippen LogP contribution in [-0.2, 0) is 21.4 Å². The molecule has 3 nitrogen and oxygen atoms in total. The predicted molar refractivity (Wildman–Crippen MR) is 79.0 cm³/mol. The Hall–Kier alpha value is -0.870. The molecule has 0 saturated heterocycles. The van der Waals surface area contributed by atoms with E-state index in [4.69, 9.17) is 10.5 Å². The van der Waals surface area contributed by atoms with Crippen molar-refractivity contribution in [2.24, 2.45) is 5.73 Å². The molecule has 104 valence electrons. The highest BCUT2D eigenvalue weighted by atomic mass is 79.9. The van der Waals surface area contributed by atoms with Crippen LogP contribution in [0, 0.1) is 0 Å². The van der Waals surface area contributed by atoms with Crippen LogP contribution < -0.4 is 5.73 Å². The van der Waals surface area contributed by atoms with E-state index in [1.807, 2.05) is 12.1 Å². The van der Waals surface area contributed by atoms with Gasteiger partial charge in [-0.15, -0.1) is 0 Å². The summed E-state index contributed by atoms with van der Waals surface area (Å²) in [5.41, 5.74) is 8.58. The molecule has 0 aromatic heterocycles. The van der Waals surface area contributed by atoms with E-state index in [0.29, 0.717) is 6.42 Å². The predicted octanol–water partition coefficient (Wildman–Crippen LogP) is 2.93. The van der Waals surface area contributed by atoms with E-state index >= 15 is 0 Å². The highest BCUT2D eigenvalue weighted by Gasteiger charge is 2.45. The van der Waals surface area contributed by atoms with Crippen LogP contribution >= 0.6 is 15.9 Å². The lowest BCUT2D eigenvalue weighted by Gasteiger charge is -2.35. The van der Waals surface area contributed by atoms with Crippen molar-refractivity contribution in [3.8, 4) is 0 Å². The number of benzene rings is 1. The molecule has 2 N–H and O–H groups in total. The van der Waals surface area contributed by atoms with Gasteiger partial charge in [0, 0.05) is 15.9 Å². The molecular formula is C15H20BrNO2. The number of nitrogens with two attached hydrogens (primary N) is 1. The Balaban J connectivity index is 2.48. The van der Waals surface area contributed by atoms with Gasteiger partial charge in [-0.1, -0.05) is 35.0 Å². The number of halogens is 1. The summed E-state index contributed by atoms with van der Waals surface area (Å²) in [5.74, 6) is -0.184. The molecule has 4 heteroatoms. The first-order valence-electron chi connectivity index (χ1n) is 6.65. The first kappa shape index (κ1) is 14.5. The summed E-state index contributed by atoms with van der Waals surface area (Å²) in [6, 6.07) is 6.14. The molecule has 2 atom stereocenters. The number of hydrogen-bond acceptors (Lipinski definition) is 3. The van der Waals surface area contributed by atoms with Gasteiger partial charge in [0.2, 0.25) is 0 Å². The topological polar surface area (TPSA) is 52.3 Å². The van der Waals surface area contributed by atoms with Crippen molar-refractivity contribution in [3.63, 3.8) is 0 Å². The van der Waals surface area contributed by atoms with E-state index in [2.05, 4.69) is 28.9 Å². The number of rotatable bonds is 4. The van der Waals surface area contributed by atoms with Crippen molar-refractivity contribution >= 4 is 21.9 Å². The van der Waals surface area contributed by atoms with Gasteiger partial charge < -0.3 is 10.5 Å². The Kier molecular flexibility index (Phi) is 4.31. The van der Waals surface area contributed by atoms with E-state index in [-0.39, 0.29) is 17.4 Å². The van der Waals surface area contributed by atoms with Crippen molar-refractivity contribution in [1.29, 1.82) is 0 Å². The van der Waals surface area contributed by atoms with Crippen molar-refractivity contribution in [2.75, 3.05) is 7.11 Å². The minimum Gasteiger partial charge on any atom is -0.469 e. The third-order valence-electron chi connectivity index (χ3n) is 4.31. The smallest absolute Gasteiger partial charge is 0.306 e.